The molecule has 13 heavy (non-hydrogen) atoms. The highest BCUT2D eigenvalue weighted by Crippen LogP contribution is 2.19. The van der Waals surface area contributed by atoms with E-state index in [-0.39, 0.29) is 0 Å². The summed E-state index contributed by atoms with van der Waals surface area (Å²) in [6.07, 6.45) is 3.77. The number of benzene rings is 1. The SMILES string of the molecule is c1cnc2cc3cc[nH]c3cc2c1. The van der Waals surface area contributed by atoms with Gasteiger partial charge >= 0.3 is 0 Å². The second kappa shape index (κ2) is 2.33. The average molecular weight is 168 g/mol. The minimum atomic E-state index is 1.05. The van der Waals surface area contributed by atoms with Crippen molar-refractivity contribution in [1.82, 2.24) is 9.97 Å². The topological polar surface area (TPSA) is 28.7 Å². The maximum absolute atomic E-state index is 4.30. The van der Waals surface area contributed by atoms with E-state index in [0.717, 1.165) is 5.52 Å². The molecular weight excluding hydrogens is 160 g/mol. The molecule has 0 fully saturated rings. The number of nitrogens with one attached hydrogen (secondary N) is 1. The van der Waals surface area contributed by atoms with Crippen LogP contribution in [0.25, 0.3) is 21.8 Å². The van der Waals surface area contributed by atoms with Crippen LogP contribution < -0.4 is 0 Å². The van der Waals surface area contributed by atoms with Gasteiger partial charge in [0.15, 0.2) is 0 Å². The van der Waals surface area contributed by atoms with Crippen LogP contribution in [0, 0.1) is 0 Å². The van der Waals surface area contributed by atoms with Crippen LogP contribution in [0.2, 0.25) is 0 Å². The zero-order chi connectivity index (χ0) is 8.67. The Hall–Kier alpha value is -1.83. The molecule has 0 aliphatic heterocycles. The zero-order valence-electron chi connectivity index (χ0n) is 6.99. The molecule has 1 aromatic carbocycles. The molecule has 0 spiro atoms. The largest absolute Gasteiger partial charge is 0.361 e. The number of aromatic amines is 1. The average Bonchev–Trinajstić information content (AvgIpc) is 2.61. The number of aromatic nitrogens is 2. The third-order valence-corrected chi connectivity index (χ3v) is 2.28. The maximum atomic E-state index is 4.30. The number of pyridine rings is 1. The number of rotatable bonds is 0. The van der Waals surface area contributed by atoms with Crippen molar-refractivity contribution in [3.63, 3.8) is 0 Å². The number of hydrogen-bond donors (Lipinski definition) is 1. The monoisotopic (exact) mass is 168 g/mol. The van der Waals surface area contributed by atoms with E-state index in [1.165, 1.54) is 16.3 Å². The van der Waals surface area contributed by atoms with Gasteiger partial charge in [0, 0.05) is 28.7 Å². The fourth-order valence-electron chi connectivity index (χ4n) is 1.62. The van der Waals surface area contributed by atoms with Crippen molar-refractivity contribution < 1.29 is 0 Å². The van der Waals surface area contributed by atoms with Crippen LogP contribution in [0.1, 0.15) is 0 Å². The van der Waals surface area contributed by atoms with Gasteiger partial charge in [0.25, 0.3) is 0 Å². The van der Waals surface area contributed by atoms with E-state index in [9.17, 15) is 0 Å². The van der Waals surface area contributed by atoms with Gasteiger partial charge in [-0.2, -0.15) is 0 Å². The molecule has 0 aliphatic rings. The summed E-state index contributed by atoms with van der Waals surface area (Å²) in [6.45, 7) is 0. The maximum Gasteiger partial charge on any atom is 0.0709 e. The first-order chi connectivity index (χ1) is 6.43. The molecule has 2 heterocycles. The van der Waals surface area contributed by atoms with E-state index in [1.807, 2.05) is 18.5 Å². The molecule has 3 rings (SSSR count). The molecule has 0 bridgehead atoms. The number of H-pyrrole nitrogens is 1. The van der Waals surface area contributed by atoms with Gasteiger partial charge in [-0.3, -0.25) is 4.98 Å². The highest BCUT2D eigenvalue weighted by Gasteiger charge is 1.97. The van der Waals surface area contributed by atoms with Crippen molar-refractivity contribution in [2.75, 3.05) is 0 Å². The summed E-state index contributed by atoms with van der Waals surface area (Å²) in [5.41, 5.74) is 2.22. The van der Waals surface area contributed by atoms with Crippen LogP contribution >= 0.6 is 0 Å². The summed E-state index contributed by atoms with van der Waals surface area (Å²) in [7, 11) is 0. The van der Waals surface area contributed by atoms with Crippen LogP contribution in [0.5, 0.6) is 0 Å². The molecule has 0 aliphatic carbocycles. The van der Waals surface area contributed by atoms with Crippen LogP contribution in [-0.2, 0) is 0 Å². The molecule has 2 aromatic heterocycles. The van der Waals surface area contributed by atoms with E-state index < -0.39 is 0 Å². The summed E-state index contributed by atoms with van der Waals surface area (Å²) in [5.74, 6) is 0. The normalized spacial score (nSPS) is 11.1. The summed E-state index contributed by atoms with van der Waals surface area (Å²) in [6, 6.07) is 10.3. The Morgan fingerprint density at radius 2 is 2.08 bits per heavy atom. The first-order valence-electron chi connectivity index (χ1n) is 4.25. The molecule has 1 N–H and O–H groups in total. The summed E-state index contributed by atoms with van der Waals surface area (Å²) in [5, 5.41) is 2.39. The highest BCUT2D eigenvalue weighted by molar-refractivity contribution is 5.94. The molecule has 0 unspecified atom stereocenters. The van der Waals surface area contributed by atoms with Gasteiger partial charge in [-0.25, -0.2) is 0 Å². The molecular formula is C11H8N2. The van der Waals surface area contributed by atoms with Crippen molar-refractivity contribution in [2.24, 2.45) is 0 Å². The van der Waals surface area contributed by atoms with Gasteiger partial charge in [-0.05, 0) is 24.3 Å². The van der Waals surface area contributed by atoms with Crippen LogP contribution in [0.15, 0.2) is 42.7 Å². The Kier molecular flexibility index (Phi) is 1.19. The Labute approximate surface area is 75.2 Å². The van der Waals surface area contributed by atoms with Gasteiger partial charge in [0.1, 0.15) is 0 Å². The molecule has 0 atom stereocenters. The predicted octanol–water partition coefficient (Wildman–Crippen LogP) is 2.72. The molecule has 3 aromatic rings. The summed E-state index contributed by atoms with van der Waals surface area (Å²) in [4.78, 5) is 7.48. The summed E-state index contributed by atoms with van der Waals surface area (Å²) < 4.78 is 0. The third-order valence-electron chi connectivity index (χ3n) is 2.28. The second-order valence-electron chi connectivity index (χ2n) is 3.11. The van der Waals surface area contributed by atoms with Gasteiger partial charge in [0.05, 0.1) is 5.52 Å². The lowest BCUT2D eigenvalue weighted by Gasteiger charge is -1.95. The van der Waals surface area contributed by atoms with Gasteiger partial charge in [0.2, 0.25) is 0 Å². The van der Waals surface area contributed by atoms with Crippen molar-refractivity contribution in [3.8, 4) is 0 Å². The number of hydrogen-bond acceptors (Lipinski definition) is 1. The highest BCUT2D eigenvalue weighted by atomic mass is 14.7. The molecule has 2 heteroatoms. The molecule has 0 saturated heterocycles. The minimum Gasteiger partial charge on any atom is -0.361 e. The third kappa shape index (κ3) is 0.920. The Morgan fingerprint density at radius 3 is 3.08 bits per heavy atom. The van der Waals surface area contributed by atoms with E-state index >= 15 is 0 Å². The van der Waals surface area contributed by atoms with E-state index in [1.54, 1.807) is 0 Å². The van der Waals surface area contributed by atoms with Gasteiger partial charge in [-0.1, -0.05) is 6.07 Å². The predicted molar refractivity (Wildman–Crippen MR) is 53.6 cm³/mol. The fourth-order valence-corrected chi connectivity index (χ4v) is 1.62. The van der Waals surface area contributed by atoms with Gasteiger partial charge < -0.3 is 4.98 Å². The molecule has 62 valence electrons. The lowest BCUT2D eigenvalue weighted by molar-refractivity contribution is 1.42. The first kappa shape index (κ1) is 6.66. The smallest absolute Gasteiger partial charge is 0.0709 e. The van der Waals surface area contributed by atoms with Crippen molar-refractivity contribution in [2.45, 2.75) is 0 Å². The van der Waals surface area contributed by atoms with Crippen molar-refractivity contribution in [3.05, 3.63) is 42.7 Å². The molecule has 2 nitrogen and oxygen atoms in total. The van der Waals surface area contributed by atoms with Gasteiger partial charge in [-0.15, -0.1) is 0 Å². The first-order valence-corrected chi connectivity index (χ1v) is 4.25. The van der Waals surface area contributed by atoms with Crippen molar-refractivity contribution in [1.29, 1.82) is 0 Å². The van der Waals surface area contributed by atoms with E-state index in [4.69, 9.17) is 0 Å². The Balaban J connectivity index is 2.57. The number of fused-ring (bicyclic) bond motifs is 2. The molecule has 0 saturated carbocycles. The van der Waals surface area contributed by atoms with Crippen LogP contribution in [-0.4, -0.2) is 9.97 Å². The van der Waals surface area contributed by atoms with E-state index in [0.29, 0.717) is 0 Å². The van der Waals surface area contributed by atoms with Crippen LogP contribution in [0.3, 0.4) is 0 Å². The Bertz CT molecular complexity index is 517. The standard InChI is InChI=1S/C11H8N2/c1-2-8-6-11-9(3-5-13-11)7-10(8)12-4-1/h1-7,13H. The molecule has 0 radical (unpaired) electrons. The van der Waals surface area contributed by atoms with Crippen molar-refractivity contribution >= 4 is 21.8 Å². The fraction of sp³-hybridized carbons (Fsp3) is 0. The number of nitrogens with zero attached hydrogens (tertiary/aromatic N) is 1. The van der Waals surface area contributed by atoms with E-state index in [2.05, 4.69) is 34.2 Å². The summed E-state index contributed by atoms with van der Waals surface area (Å²) >= 11 is 0. The Morgan fingerprint density at radius 1 is 1.08 bits per heavy atom. The second-order valence-corrected chi connectivity index (χ2v) is 3.11. The van der Waals surface area contributed by atoms with Crippen LogP contribution in [0.4, 0.5) is 0 Å². The minimum absolute atomic E-state index is 1.05. The quantitative estimate of drug-likeness (QED) is 0.549. The zero-order valence-corrected chi connectivity index (χ0v) is 6.99. The molecule has 0 amide bonds. The lowest BCUT2D eigenvalue weighted by atomic mass is 10.1. The lowest BCUT2D eigenvalue weighted by Crippen LogP contribution is -1.76.